The van der Waals surface area contributed by atoms with Gasteiger partial charge in [-0.25, -0.2) is 0 Å². The molecule has 0 unspecified atom stereocenters. The van der Waals surface area contributed by atoms with Gasteiger partial charge in [-0.05, 0) is 91.8 Å². The summed E-state index contributed by atoms with van der Waals surface area (Å²) >= 11 is 0. The van der Waals surface area contributed by atoms with Crippen LogP contribution in [0.3, 0.4) is 0 Å². The van der Waals surface area contributed by atoms with Crippen LogP contribution in [0.15, 0.2) is 48.0 Å². The standard InChI is InChI=1S/C24H27NO/c1-4-18-13-19(21-15-24(11-12-24)14-17(21)3)9-10-22(18)25-23(26)20-8-6-5-7-16(20)2/h5-10,13H,4,11-12,14-15H2,1-3H3,(H,25,26). The van der Waals surface area contributed by atoms with Crippen molar-refractivity contribution in [2.45, 2.75) is 52.9 Å². The van der Waals surface area contributed by atoms with Gasteiger partial charge in [-0.1, -0.05) is 36.8 Å². The van der Waals surface area contributed by atoms with E-state index in [2.05, 4.69) is 37.4 Å². The van der Waals surface area contributed by atoms with E-state index in [1.807, 2.05) is 31.2 Å². The fraction of sp³-hybridized carbons (Fsp3) is 0.375. The Morgan fingerprint density at radius 3 is 2.50 bits per heavy atom. The summed E-state index contributed by atoms with van der Waals surface area (Å²) in [5, 5.41) is 3.12. The van der Waals surface area contributed by atoms with Crippen molar-refractivity contribution in [2.75, 3.05) is 5.32 Å². The molecule has 0 aromatic heterocycles. The quantitative estimate of drug-likeness (QED) is 0.706. The summed E-state index contributed by atoms with van der Waals surface area (Å²) in [5.41, 5.74) is 8.92. The molecule has 0 atom stereocenters. The lowest BCUT2D eigenvalue weighted by atomic mass is 9.96. The van der Waals surface area contributed by atoms with Gasteiger partial charge < -0.3 is 5.32 Å². The number of nitrogens with one attached hydrogen (secondary N) is 1. The van der Waals surface area contributed by atoms with E-state index >= 15 is 0 Å². The summed E-state index contributed by atoms with van der Waals surface area (Å²) in [4.78, 5) is 12.7. The molecule has 2 aromatic rings. The van der Waals surface area contributed by atoms with Crippen LogP contribution in [0.1, 0.15) is 66.6 Å². The molecule has 0 aliphatic heterocycles. The minimum Gasteiger partial charge on any atom is -0.322 e. The van der Waals surface area contributed by atoms with Crippen molar-refractivity contribution in [3.05, 3.63) is 70.3 Å². The maximum absolute atomic E-state index is 12.7. The maximum atomic E-state index is 12.7. The number of hydrogen-bond donors (Lipinski definition) is 1. The zero-order chi connectivity index (χ0) is 18.3. The molecule has 1 spiro atoms. The first kappa shape index (κ1) is 17.1. The van der Waals surface area contributed by atoms with E-state index in [1.54, 1.807) is 5.57 Å². The van der Waals surface area contributed by atoms with E-state index < -0.39 is 0 Å². The van der Waals surface area contributed by atoms with E-state index in [9.17, 15) is 4.79 Å². The molecule has 1 fully saturated rings. The van der Waals surface area contributed by atoms with Crippen LogP contribution in [-0.2, 0) is 6.42 Å². The predicted octanol–water partition coefficient (Wildman–Crippen LogP) is 6.16. The van der Waals surface area contributed by atoms with Crippen molar-refractivity contribution >= 4 is 17.2 Å². The van der Waals surface area contributed by atoms with Crippen molar-refractivity contribution in [1.82, 2.24) is 0 Å². The highest BCUT2D eigenvalue weighted by atomic mass is 16.1. The van der Waals surface area contributed by atoms with Crippen LogP contribution in [0.5, 0.6) is 0 Å². The van der Waals surface area contributed by atoms with Crippen LogP contribution in [0.4, 0.5) is 5.69 Å². The summed E-state index contributed by atoms with van der Waals surface area (Å²) < 4.78 is 0. The Kier molecular flexibility index (Phi) is 4.22. The van der Waals surface area contributed by atoms with E-state index in [-0.39, 0.29) is 5.91 Å². The normalized spacial score (nSPS) is 17.7. The maximum Gasteiger partial charge on any atom is 0.255 e. The van der Waals surface area contributed by atoms with Crippen molar-refractivity contribution in [3.63, 3.8) is 0 Å². The number of rotatable bonds is 4. The van der Waals surface area contributed by atoms with Gasteiger partial charge in [0.25, 0.3) is 5.91 Å². The van der Waals surface area contributed by atoms with Crippen LogP contribution in [0, 0.1) is 12.3 Å². The van der Waals surface area contributed by atoms with Gasteiger partial charge in [0.2, 0.25) is 0 Å². The van der Waals surface area contributed by atoms with Crippen LogP contribution in [0.25, 0.3) is 5.57 Å². The number of allylic oxidation sites excluding steroid dienone is 2. The highest BCUT2D eigenvalue weighted by Gasteiger charge is 2.47. The van der Waals surface area contributed by atoms with Crippen molar-refractivity contribution in [2.24, 2.45) is 5.41 Å². The first-order valence-electron chi connectivity index (χ1n) is 9.70. The molecule has 134 valence electrons. The summed E-state index contributed by atoms with van der Waals surface area (Å²) in [6.07, 6.45) is 6.19. The Balaban J connectivity index is 1.59. The number of anilines is 1. The van der Waals surface area contributed by atoms with E-state index in [0.717, 1.165) is 23.2 Å². The van der Waals surface area contributed by atoms with Crippen LogP contribution in [-0.4, -0.2) is 5.91 Å². The monoisotopic (exact) mass is 345 g/mol. The first-order chi connectivity index (χ1) is 12.5. The van der Waals surface area contributed by atoms with Gasteiger partial charge in [0.1, 0.15) is 0 Å². The third-order valence-electron chi connectivity index (χ3n) is 6.14. The minimum atomic E-state index is -0.0289. The first-order valence-corrected chi connectivity index (χ1v) is 9.70. The molecule has 2 heteroatoms. The molecule has 26 heavy (non-hydrogen) atoms. The van der Waals surface area contributed by atoms with E-state index in [4.69, 9.17) is 0 Å². The van der Waals surface area contributed by atoms with Crippen molar-refractivity contribution < 1.29 is 4.79 Å². The second-order valence-corrected chi connectivity index (χ2v) is 8.11. The summed E-state index contributed by atoms with van der Waals surface area (Å²) in [7, 11) is 0. The molecule has 1 amide bonds. The minimum absolute atomic E-state index is 0.0289. The van der Waals surface area contributed by atoms with Crippen molar-refractivity contribution in [1.29, 1.82) is 0 Å². The Morgan fingerprint density at radius 2 is 1.85 bits per heavy atom. The zero-order valence-corrected chi connectivity index (χ0v) is 16.0. The van der Waals surface area contributed by atoms with Gasteiger partial charge in [-0.15, -0.1) is 0 Å². The number of amides is 1. The Labute approximate surface area is 156 Å². The number of hydrogen-bond acceptors (Lipinski definition) is 1. The van der Waals surface area contributed by atoms with Gasteiger partial charge in [-0.3, -0.25) is 4.79 Å². The third-order valence-corrected chi connectivity index (χ3v) is 6.14. The lowest BCUT2D eigenvalue weighted by Crippen LogP contribution is -2.14. The summed E-state index contributed by atoms with van der Waals surface area (Å²) in [5.74, 6) is -0.0289. The van der Waals surface area contributed by atoms with Crippen LogP contribution in [0.2, 0.25) is 0 Å². The average Bonchev–Trinajstić information content (AvgIpc) is 3.30. The van der Waals surface area contributed by atoms with E-state index in [1.165, 1.54) is 42.4 Å². The molecular formula is C24H27NO. The molecule has 2 aliphatic rings. The molecule has 0 saturated heterocycles. The molecule has 0 radical (unpaired) electrons. The smallest absolute Gasteiger partial charge is 0.255 e. The lowest BCUT2D eigenvalue weighted by molar-refractivity contribution is 0.102. The Hall–Kier alpha value is -2.35. The summed E-state index contributed by atoms with van der Waals surface area (Å²) in [6, 6.07) is 14.3. The fourth-order valence-corrected chi connectivity index (χ4v) is 4.35. The third kappa shape index (κ3) is 3.09. The number of carbonyl (C=O) groups excluding carboxylic acids is 1. The molecule has 1 saturated carbocycles. The molecular weight excluding hydrogens is 318 g/mol. The number of carbonyl (C=O) groups is 1. The fourth-order valence-electron chi connectivity index (χ4n) is 4.35. The zero-order valence-electron chi connectivity index (χ0n) is 16.0. The van der Waals surface area contributed by atoms with Gasteiger partial charge >= 0.3 is 0 Å². The number of benzene rings is 2. The molecule has 0 bridgehead atoms. The van der Waals surface area contributed by atoms with Gasteiger partial charge in [-0.2, -0.15) is 0 Å². The second kappa shape index (κ2) is 6.42. The van der Waals surface area contributed by atoms with Gasteiger partial charge in [0.05, 0.1) is 0 Å². The molecule has 2 aromatic carbocycles. The Morgan fingerprint density at radius 1 is 1.08 bits per heavy atom. The average molecular weight is 345 g/mol. The molecule has 2 aliphatic carbocycles. The Bertz CT molecular complexity index is 902. The lowest BCUT2D eigenvalue weighted by Gasteiger charge is -2.14. The molecule has 2 nitrogen and oxygen atoms in total. The molecule has 0 heterocycles. The SMILES string of the molecule is CCc1cc(C2=C(C)CC3(CC3)C2)ccc1NC(=O)c1ccccc1C. The van der Waals surface area contributed by atoms with Crippen LogP contribution >= 0.6 is 0 Å². The second-order valence-electron chi connectivity index (χ2n) is 8.11. The summed E-state index contributed by atoms with van der Waals surface area (Å²) in [6.45, 7) is 6.42. The van der Waals surface area contributed by atoms with Crippen molar-refractivity contribution in [3.8, 4) is 0 Å². The molecule has 4 rings (SSSR count). The van der Waals surface area contributed by atoms with E-state index in [0.29, 0.717) is 5.41 Å². The van der Waals surface area contributed by atoms with Gasteiger partial charge in [0.15, 0.2) is 0 Å². The molecule has 1 N–H and O–H groups in total. The topological polar surface area (TPSA) is 29.1 Å². The highest BCUT2D eigenvalue weighted by molar-refractivity contribution is 6.05. The van der Waals surface area contributed by atoms with Gasteiger partial charge in [0, 0.05) is 11.3 Å². The largest absolute Gasteiger partial charge is 0.322 e. The highest BCUT2D eigenvalue weighted by Crippen LogP contribution is 2.61. The van der Waals surface area contributed by atoms with Crippen LogP contribution < -0.4 is 5.32 Å². The number of aryl methyl sites for hydroxylation is 2. The predicted molar refractivity (Wildman–Crippen MR) is 108 cm³/mol.